The number of carbonyl (C=O) groups is 1. The second-order valence-corrected chi connectivity index (χ2v) is 3.61. The summed E-state index contributed by atoms with van der Waals surface area (Å²) in [5, 5.41) is 2.85. The van der Waals surface area contributed by atoms with E-state index >= 15 is 0 Å². The van der Waals surface area contributed by atoms with Crippen molar-refractivity contribution in [2.24, 2.45) is 5.18 Å². The van der Waals surface area contributed by atoms with Gasteiger partial charge < -0.3 is 0 Å². The largest absolute Gasteiger partial charge is 0.299 e. The van der Waals surface area contributed by atoms with Gasteiger partial charge in [0.05, 0.1) is 0 Å². The molecule has 0 saturated carbocycles. The van der Waals surface area contributed by atoms with Gasteiger partial charge in [0, 0.05) is 12.8 Å². The summed E-state index contributed by atoms with van der Waals surface area (Å²) in [7, 11) is 0. The molecule has 0 saturated heterocycles. The fourth-order valence-electron chi connectivity index (χ4n) is 1.71. The van der Waals surface area contributed by atoms with Crippen molar-refractivity contribution in [3.63, 3.8) is 0 Å². The summed E-state index contributed by atoms with van der Waals surface area (Å²) in [6.45, 7) is 0. The minimum Gasteiger partial charge on any atom is -0.299 e. The van der Waals surface area contributed by atoms with Crippen LogP contribution in [0.4, 0.5) is 5.69 Å². The molecule has 0 heterocycles. The van der Waals surface area contributed by atoms with Crippen LogP contribution in [-0.2, 0) is 4.79 Å². The zero-order valence-corrected chi connectivity index (χ0v) is 8.27. The molecule has 1 aliphatic carbocycles. The lowest BCUT2D eigenvalue weighted by Gasteiger charge is -2.11. The van der Waals surface area contributed by atoms with Crippen molar-refractivity contribution >= 4 is 17.0 Å². The van der Waals surface area contributed by atoms with E-state index < -0.39 is 0 Å². The molecule has 1 aromatic carbocycles. The fraction of sp³-hybridized carbons (Fsp3) is 0.250. The molecular weight excluding hydrogens is 190 g/mol. The summed E-state index contributed by atoms with van der Waals surface area (Å²) < 4.78 is 0. The Labute approximate surface area is 87.8 Å². The van der Waals surface area contributed by atoms with Crippen LogP contribution >= 0.6 is 0 Å². The smallest absolute Gasteiger partial charge is 0.137 e. The molecule has 0 amide bonds. The molecule has 1 aliphatic rings. The van der Waals surface area contributed by atoms with Gasteiger partial charge in [-0.2, -0.15) is 0 Å². The third-order valence-electron chi connectivity index (χ3n) is 2.59. The molecular formula is C12H11NO2. The van der Waals surface area contributed by atoms with E-state index in [2.05, 4.69) is 5.18 Å². The lowest BCUT2D eigenvalue weighted by molar-refractivity contribution is -0.118. The van der Waals surface area contributed by atoms with E-state index in [4.69, 9.17) is 0 Å². The van der Waals surface area contributed by atoms with Gasteiger partial charge in [0.1, 0.15) is 11.5 Å². The summed E-state index contributed by atoms with van der Waals surface area (Å²) in [4.78, 5) is 21.3. The van der Waals surface area contributed by atoms with Gasteiger partial charge in [-0.25, -0.2) is 0 Å². The second-order valence-electron chi connectivity index (χ2n) is 3.61. The number of benzene rings is 1. The number of hydrogen-bond donors (Lipinski definition) is 0. The number of allylic oxidation sites excluding steroid dienone is 2. The molecule has 15 heavy (non-hydrogen) atoms. The third kappa shape index (κ3) is 2.18. The molecule has 0 bridgehead atoms. The Morgan fingerprint density at radius 1 is 1.07 bits per heavy atom. The maximum Gasteiger partial charge on any atom is 0.137 e. The van der Waals surface area contributed by atoms with Gasteiger partial charge in [0.25, 0.3) is 0 Å². The van der Waals surface area contributed by atoms with Gasteiger partial charge in [0.2, 0.25) is 0 Å². The van der Waals surface area contributed by atoms with Crippen LogP contribution in [0.5, 0.6) is 0 Å². The molecule has 0 spiro atoms. The molecule has 0 atom stereocenters. The quantitative estimate of drug-likeness (QED) is 0.689. The summed E-state index contributed by atoms with van der Waals surface area (Å²) in [6.07, 6.45) is 3.92. The molecule has 3 heteroatoms. The average molecular weight is 201 g/mol. The molecule has 0 aromatic heterocycles. The van der Waals surface area contributed by atoms with Gasteiger partial charge in [-0.1, -0.05) is 18.2 Å². The van der Waals surface area contributed by atoms with E-state index in [0.717, 1.165) is 12.0 Å². The van der Waals surface area contributed by atoms with Crippen molar-refractivity contribution in [1.29, 1.82) is 0 Å². The van der Waals surface area contributed by atoms with E-state index in [9.17, 15) is 9.70 Å². The topological polar surface area (TPSA) is 46.5 Å². The van der Waals surface area contributed by atoms with Crippen LogP contribution in [0, 0.1) is 4.91 Å². The highest BCUT2D eigenvalue weighted by atomic mass is 16.3. The van der Waals surface area contributed by atoms with Crippen LogP contribution < -0.4 is 0 Å². The van der Waals surface area contributed by atoms with E-state index in [1.807, 2.05) is 18.2 Å². The third-order valence-corrected chi connectivity index (χ3v) is 2.59. The lowest BCUT2D eigenvalue weighted by atomic mass is 9.93. The highest BCUT2D eigenvalue weighted by Crippen LogP contribution is 2.26. The van der Waals surface area contributed by atoms with Crippen LogP contribution in [0.25, 0.3) is 5.57 Å². The summed E-state index contributed by atoms with van der Waals surface area (Å²) in [5.41, 5.74) is 2.70. The minimum atomic E-state index is 0.296. The average Bonchev–Trinajstić information content (AvgIpc) is 2.30. The number of nitrogens with zero attached hydrogens (tertiary/aromatic N) is 1. The van der Waals surface area contributed by atoms with Gasteiger partial charge in [0.15, 0.2) is 0 Å². The number of carbonyl (C=O) groups excluding carboxylic acids is 1. The molecule has 0 radical (unpaired) electrons. The number of hydrogen-bond acceptors (Lipinski definition) is 3. The predicted octanol–water partition coefficient (Wildman–Crippen LogP) is 3.22. The van der Waals surface area contributed by atoms with Crippen LogP contribution in [0.15, 0.2) is 35.5 Å². The Hall–Kier alpha value is -1.77. The van der Waals surface area contributed by atoms with Gasteiger partial charge in [-0.15, -0.1) is 4.91 Å². The van der Waals surface area contributed by atoms with Crippen molar-refractivity contribution in [3.8, 4) is 0 Å². The molecule has 76 valence electrons. The Bertz CT molecular complexity index is 418. The zero-order chi connectivity index (χ0) is 10.7. The summed E-state index contributed by atoms with van der Waals surface area (Å²) >= 11 is 0. The van der Waals surface area contributed by atoms with Crippen molar-refractivity contribution in [2.75, 3.05) is 0 Å². The normalized spacial score (nSPS) is 16.0. The first kappa shape index (κ1) is 9.77. The van der Waals surface area contributed by atoms with Gasteiger partial charge in [-0.3, -0.25) is 4.79 Å². The van der Waals surface area contributed by atoms with E-state index in [1.54, 1.807) is 12.1 Å². The maximum absolute atomic E-state index is 11.0. The van der Waals surface area contributed by atoms with Crippen LogP contribution in [0.1, 0.15) is 24.8 Å². The first-order valence-corrected chi connectivity index (χ1v) is 4.94. The molecule has 0 aliphatic heterocycles. The highest BCUT2D eigenvalue weighted by Gasteiger charge is 2.11. The molecule has 0 fully saturated rings. The molecule has 2 rings (SSSR count). The summed E-state index contributed by atoms with van der Waals surface area (Å²) in [6, 6.07) is 7.13. The number of rotatable bonds is 2. The van der Waals surface area contributed by atoms with Crippen molar-refractivity contribution in [3.05, 3.63) is 40.8 Å². The second kappa shape index (κ2) is 4.17. The Morgan fingerprint density at radius 2 is 1.80 bits per heavy atom. The first-order valence-electron chi connectivity index (χ1n) is 4.94. The molecule has 1 aromatic rings. The number of ketones is 1. The predicted molar refractivity (Wildman–Crippen MR) is 58.7 cm³/mol. The number of Topliss-reactive ketones (excluding diaryl/α,β-unsaturated/α-hetero) is 1. The van der Waals surface area contributed by atoms with E-state index in [1.165, 1.54) is 5.57 Å². The SMILES string of the molecule is O=Nc1ccc(C2=CCC(=O)CC2)cc1. The van der Waals surface area contributed by atoms with Crippen LogP contribution in [0.3, 0.4) is 0 Å². The van der Waals surface area contributed by atoms with Crippen molar-refractivity contribution in [1.82, 2.24) is 0 Å². The fourth-order valence-corrected chi connectivity index (χ4v) is 1.71. The minimum absolute atomic E-state index is 0.296. The monoisotopic (exact) mass is 201 g/mol. The summed E-state index contributed by atoms with van der Waals surface area (Å²) in [5.74, 6) is 0.296. The Morgan fingerprint density at radius 3 is 2.33 bits per heavy atom. The molecule has 0 unspecified atom stereocenters. The van der Waals surface area contributed by atoms with Gasteiger partial charge >= 0.3 is 0 Å². The lowest BCUT2D eigenvalue weighted by Crippen LogP contribution is -2.02. The van der Waals surface area contributed by atoms with Crippen LogP contribution in [0.2, 0.25) is 0 Å². The maximum atomic E-state index is 11.0. The van der Waals surface area contributed by atoms with E-state index in [-0.39, 0.29) is 0 Å². The Kier molecular flexibility index (Phi) is 2.72. The van der Waals surface area contributed by atoms with Crippen molar-refractivity contribution in [2.45, 2.75) is 19.3 Å². The first-order chi connectivity index (χ1) is 7.29. The Balaban J connectivity index is 2.22. The van der Waals surface area contributed by atoms with E-state index in [0.29, 0.717) is 24.3 Å². The van der Waals surface area contributed by atoms with Crippen LogP contribution in [-0.4, -0.2) is 5.78 Å². The number of nitroso groups, excluding NO2 is 1. The standard InChI is InChI=1S/C12H11NO2/c14-12-7-3-10(4-8-12)9-1-5-11(13-15)6-2-9/h1-3,5-6H,4,7-8H2. The highest BCUT2D eigenvalue weighted by molar-refractivity contribution is 5.86. The van der Waals surface area contributed by atoms with Crippen molar-refractivity contribution < 1.29 is 4.79 Å². The molecule has 3 nitrogen and oxygen atoms in total. The zero-order valence-electron chi connectivity index (χ0n) is 8.27. The molecule has 0 N–H and O–H groups in total. The van der Waals surface area contributed by atoms with Gasteiger partial charge in [-0.05, 0) is 34.9 Å².